The van der Waals surface area contributed by atoms with Crippen molar-refractivity contribution < 1.29 is 0 Å². The highest BCUT2D eigenvalue weighted by Crippen LogP contribution is 2.32. The fraction of sp³-hybridized carbons (Fsp3) is 0. The van der Waals surface area contributed by atoms with Crippen LogP contribution in [0.1, 0.15) is 0 Å². The van der Waals surface area contributed by atoms with E-state index in [2.05, 4.69) is 45.9 Å². The van der Waals surface area contributed by atoms with Crippen LogP contribution in [0.4, 0.5) is 0 Å². The molecule has 0 saturated heterocycles. The molecular weight excluding hydrogens is 342 g/mol. The second-order valence-electron chi connectivity index (χ2n) is 6.11. The standard InChI is InChI=1S/C22H14ClN3/c23-20-14-21(25-22(24-20)15-8-2-1-3-9-15)26-18-12-6-4-10-16(18)17-11-5-7-13-19(17)26/h1-14H. The molecule has 2 aromatic heterocycles. The maximum atomic E-state index is 6.35. The van der Waals surface area contributed by atoms with Crippen LogP contribution in [0.15, 0.2) is 84.9 Å². The summed E-state index contributed by atoms with van der Waals surface area (Å²) < 4.78 is 2.14. The van der Waals surface area contributed by atoms with Gasteiger partial charge < -0.3 is 0 Å². The Balaban J connectivity index is 1.84. The number of aromatic nitrogens is 3. The predicted octanol–water partition coefficient (Wildman–Crippen LogP) is 5.89. The van der Waals surface area contributed by atoms with E-state index in [0.29, 0.717) is 11.0 Å². The number of benzene rings is 3. The molecule has 0 amide bonds. The summed E-state index contributed by atoms with van der Waals surface area (Å²) in [7, 11) is 0. The van der Waals surface area contributed by atoms with E-state index in [9.17, 15) is 0 Å². The van der Waals surface area contributed by atoms with Gasteiger partial charge in [0.25, 0.3) is 0 Å². The van der Waals surface area contributed by atoms with Gasteiger partial charge in [0, 0.05) is 22.4 Å². The molecule has 3 aromatic carbocycles. The third kappa shape index (κ3) is 2.37. The molecule has 124 valence electrons. The van der Waals surface area contributed by atoms with Crippen LogP contribution in [0.3, 0.4) is 0 Å². The molecule has 5 aromatic rings. The molecule has 0 radical (unpaired) electrons. The van der Waals surface area contributed by atoms with Crippen molar-refractivity contribution in [1.82, 2.24) is 14.5 Å². The smallest absolute Gasteiger partial charge is 0.163 e. The van der Waals surface area contributed by atoms with Crippen molar-refractivity contribution in [3.63, 3.8) is 0 Å². The topological polar surface area (TPSA) is 30.7 Å². The van der Waals surface area contributed by atoms with Gasteiger partial charge in [0.05, 0.1) is 11.0 Å². The average molecular weight is 356 g/mol. The highest BCUT2D eigenvalue weighted by Gasteiger charge is 2.14. The third-order valence-electron chi connectivity index (χ3n) is 4.52. The van der Waals surface area contributed by atoms with E-state index in [-0.39, 0.29) is 0 Å². The Kier molecular flexibility index (Phi) is 3.47. The lowest BCUT2D eigenvalue weighted by Gasteiger charge is -2.09. The Labute approximate surface area is 155 Å². The van der Waals surface area contributed by atoms with E-state index in [4.69, 9.17) is 16.6 Å². The molecule has 5 rings (SSSR count). The third-order valence-corrected chi connectivity index (χ3v) is 4.72. The molecule has 2 heterocycles. The van der Waals surface area contributed by atoms with Crippen LogP contribution < -0.4 is 0 Å². The van der Waals surface area contributed by atoms with Crippen molar-refractivity contribution in [3.05, 3.63) is 90.1 Å². The fourth-order valence-electron chi connectivity index (χ4n) is 3.41. The molecule has 0 unspecified atom stereocenters. The molecular formula is C22H14ClN3. The quantitative estimate of drug-likeness (QED) is 0.369. The monoisotopic (exact) mass is 355 g/mol. The maximum Gasteiger partial charge on any atom is 0.163 e. The highest BCUT2D eigenvalue weighted by atomic mass is 35.5. The van der Waals surface area contributed by atoms with Crippen molar-refractivity contribution >= 4 is 33.4 Å². The van der Waals surface area contributed by atoms with E-state index >= 15 is 0 Å². The number of rotatable bonds is 2. The van der Waals surface area contributed by atoms with Crippen molar-refractivity contribution in [2.75, 3.05) is 0 Å². The molecule has 26 heavy (non-hydrogen) atoms. The van der Waals surface area contributed by atoms with Crippen LogP contribution in [0, 0.1) is 0 Å². The van der Waals surface area contributed by atoms with Gasteiger partial charge in [-0.1, -0.05) is 78.3 Å². The van der Waals surface area contributed by atoms with E-state index in [1.165, 1.54) is 10.8 Å². The Hall–Kier alpha value is -3.17. The van der Waals surface area contributed by atoms with E-state index in [1.54, 1.807) is 0 Å². The predicted molar refractivity (Wildman–Crippen MR) is 107 cm³/mol. The molecule has 0 aliphatic rings. The second kappa shape index (κ2) is 5.97. The first-order valence-corrected chi connectivity index (χ1v) is 8.77. The normalized spacial score (nSPS) is 11.3. The van der Waals surface area contributed by atoms with Gasteiger partial charge in [-0.15, -0.1) is 0 Å². The number of para-hydroxylation sites is 2. The first-order chi connectivity index (χ1) is 12.8. The second-order valence-corrected chi connectivity index (χ2v) is 6.50. The van der Waals surface area contributed by atoms with Crippen molar-refractivity contribution in [2.24, 2.45) is 0 Å². The lowest BCUT2D eigenvalue weighted by Crippen LogP contribution is -2.01. The minimum absolute atomic E-state index is 0.427. The summed E-state index contributed by atoms with van der Waals surface area (Å²) in [6.07, 6.45) is 0. The molecule has 3 nitrogen and oxygen atoms in total. The van der Waals surface area contributed by atoms with Crippen LogP contribution in [0.25, 0.3) is 39.0 Å². The zero-order chi connectivity index (χ0) is 17.5. The number of hydrogen-bond acceptors (Lipinski definition) is 2. The molecule has 0 bridgehead atoms. The summed E-state index contributed by atoms with van der Waals surface area (Å²) in [5, 5.41) is 2.81. The van der Waals surface area contributed by atoms with Crippen LogP contribution in [0.2, 0.25) is 5.15 Å². The van der Waals surface area contributed by atoms with Gasteiger partial charge >= 0.3 is 0 Å². The maximum absolute atomic E-state index is 6.35. The lowest BCUT2D eigenvalue weighted by molar-refractivity contribution is 1.04. The van der Waals surface area contributed by atoms with Crippen molar-refractivity contribution in [1.29, 1.82) is 0 Å². The van der Waals surface area contributed by atoms with Crippen LogP contribution in [0.5, 0.6) is 0 Å². The van der Waals surface area contributed by atoms with Gasteiger partial charge in [-0.25, -0.2) is 9.97 Å². The summed E-state index contributed by atoms with van der Waals surface area (Å²) >= 11 is 6.35. The van der Waals surface area contributed by atoms with Gasteiger partial charge in [-0.2, -0.15) is 0 Å². The van der Waals surface area contributed by atoms with E-state index in [0.717, 1.165) is 22.4 Å². The van der Waals surface area contributed by atoms with Gasteiger partial charge in [0.1, 0.15) is 11.0 Å². The van der Waals surface area contributed by atoms with Crippen molar-refractivity contribution in [2.45, 2.75) is 0 Å². The minimum atomic E-state index is 0.427. The summed E-state index contributed by atoms with van der Waals surface area (Å²) in [5.41, 5.74) is 3.14. The fourth-order valence-corrected chi connectivity index (χ4v) is 3.58. The SMILES string of the molecule is Clc1cc(-n2c3ccccc3c3ccccc32)nc(-c2ccccc2)n1. The van der Waals surface area contributed by atoms with Gasteiger partial charge in [-0.3, -0.25) is 4.57 Å². The largest absolute Gasteiger partial charge is 0.294 e. The first kappa shape index (κ1) is 15.1. The van der Waals surface area contributed by atoms with E-state index < -0.39 is 0 Å². The number of halogens is 1. The van der Waals surface area contributed by atoms with E-state index in [1.807, 2.05) is 48.5 Å². The Bertz CT molecular complexity index is 1190. The van der Waals surface area contributed by atoms with Crippen LogP contribution in [-0.2, 0) is 0 Å². The summed E-state index contributed by atoms with van der Waals surface area (Å²) in [6.45, 7) is 0. The molecule has 4 heteroatoms. The van der Waals surface area contributed by atoms with Gasteiger partial charge in [0.15, 0.2) is 5.82 Å². The Morgan fingerprint density at radius 2 is 1.23 bits per heavy atom. The Morgan fingerprint density at radius 1 is 0.654 bits per heavy atom. The highest BCUT2D eigenvalue weighted by molar-refractivity contribution is 6.29. The molecule has 0 N–H and O–H groups in total. The molecule has 0 aliphatic heterocycles. The lowest BCUT2D eigenvalue weighted by atomic mass is 10.2. The summed E-state index contributed by atoms with van der Waals surface area (Å²) in [6, 6.07) is 28.4. The molecule has 0 saturated carbocycles. The van der Waals surface area contributed by atoms with Crippen molar-refractivity contribution in [3.8, 4) is 17.2 Å². The minimum Gasteiger partial charge on any atom is -0.294 e. The molecule has 0 fully saturated rings. The summed E-state index contributed by atoms with van der Waals surface area (Å²) in [4.78, 5) is 9.23. The zero-order valence-electron chi connectivity index (χ0n) is 13.8. The first-order valence-electron chi connectivity index (χ1n) is 8.40. The Morgan fingerprint density at radius 3 is 1.88 bits per heavy atom. The zero-order valence-corrected chi connectivity index (χ0v) is 14.6. The molecule has 0 aliphatic carbocycles. The number of hydrogen-bond donors (Lipinski definition) is 0. The molecule has 0 atom stereocenters. The van der Waals surface area contributed by atoms with Gasteiger partial charge in [0.2, 0.25) is 0 Å². The molecule has 0 spiro atoms. The number of nitrogens with zero attached hydrogens (tertiary/aromatic N) is 3. The van der Waals surface area contributed by atoms with Gasteiger partial charge in [-0.05, 0) is 12.1 Å². The van der Waals surface area contributed by atoms with Crippen LogP contribution in [-0.4, -0.2) is 14.5 Å². The average Bonchev–Trinajstić information content (AvgIpc) is 3.03. The number of fused-ring (bicyclic) bond motifs is 3. The summed E-state index contributed by atoms with van der Waals surface area (Å²) in [5.74, 6) is 1.39. The van der Waals surface area contributed by atoms with Crippen LogP contribution >= 0.6 is 11.6 Å².